The summed E-state index contributed by atoms with van der Waals surface area (Å²) in [6.07, 6.45) is -0.471. The Kier molecular flexibility index (Phi) is 3.77. The maximum Gasteiger partial charge on any atom is 0.305 e. The molecule has 0 saturated carbocycles. The van der Waals surface area contributed by atoms with Crippen molar-refractivity contribution in [3.05, 3.63) is 22.0 Å². The van der Waals surface area contributed by atoms with Gasteiger partial charge in [-0.3, -0.25) is 18.7 Å². The largest absolute Gasteiger partial charge is 0.494 e. The van der Waals surface area contributed by atoms with E-state index in [1.54, 1.807) is 0 Å². The first-order chi connectivity index (χ1) is 8.14. The summed E-state index contributed by atoms with van der Waals surface area (Å²) in [5.41, 5.74) is -1.28. The van der Waals surface area contributed by atoms with Crippen molar-refractivity contribution in [1.82, 2.24) is 4.57 Å². The first-order valence-electron chi connectivity index (χ1n) is 4.77. The quantitative estimate of drug-likeness (QED) is 0.636. The number of aryl methyl sites for hydroxylation is 1. The lowest BCUT2D eigenvalue weighted by Gasteiger charge is -2.10. The van der Waals surface area contributed by atoms with Gasteiger partial charge in [0.1, 0.15) is 0 Å². The molecule has 0 saturated heterocycles. The van der Waals surface area contributed by atoms with Gasteiger partial charge in [0, 0.05) is 12.6 Å². The third-order valence-corrected chi connectivity index (χ3v) is 3.24. The number of aromatic nitrogens is 1. The Labute approximate surface area is 102 Å². The van der Waals surface area contributed by atoms with E-state index in [2.05, 4.69) is 0 Å². The Morgan fingerprint density at radius 3 is 2.44 bits per heavy atom. The molecule has 0 amide bonds. The minimum Gasteiger partial charge on any atom is -0.494 e. The SMILES string of the molecule is Cc1cc(O)n(CCC(=O)O)c(=O)c1S(=O)(=O)O. The van der Waals surface area contributed by atoms with Gasteiger partial charge in [-0.15, -0.1) is 0 Å². The zero-order chi connectivity index (χ0) is 14.1. The van der Waals surface area contributed by atoms with Crippen LogP contribution in [0.1, 0.15) is 12.0 Å². The van der Waals surface area contributed by atoms with E-state index in [9.17, 15) is 23.1 Å². The summed E-state index contributed by atoms with van der Waals surface area (Å²) in [6, 6.07) is 0.965. The van der Waals surface area contributed by atoms with Crippen LogP contribution in [0.4, 0.5) is 0 Å². The molecule has 100 valence electrons. The standard InChI is InChI=1S/C9H11NO7S/c1-5-4-6(11)10(3-2-7(12)13)9(14)8(5)18(15,16)17/h4,11H,2-3H2,1H3,(H,12,13)(H,15,16,17). The molecule has 1 aromatic heterocycles. The molecule has 0 unspecified atom stereocenters. The van der Waals surface area contributed by atoms with Crippen molar-refractivity contribution in [3.8, 4) is 5.88 Å². The highest BCUT2D eigenvalue weighted by atomic mass is 32.2. The molecular weight excluding hydrogens is 266 g/mol. The van der Waals surface area contributed by atoms with E-state index in [-0.39, 0.29) is 5.56 Å². The number of carboxylic acids is 1. The molecule has 0 aliphatic carbocycles. The Morgan fingerprint density at radius 2 is 2.00 bits per heavy atom. The minimum absolute atomic E-state index is 0.119. The second kappa shape index (κ2) is 4.78. The maximum absolute atomic E-state index is 11.7. The summed E-state index contributed by atoms with van der Waals surface area (Å²) in [6.45, 7) is 0.828. The molecule has 1 aromatic rings. The molecular formula is C9H11NO7S. The predicted molar refractivity (Wildman–Crippen MR) is 59.2 cm³/mol. The van der Waals surface area contributed by atoms with Gasteiger partial charge in [0.2, 0.25) is 0 Å². The number of rotatable bonds is 4. The molecule has 8 nitrogen and oxygen atoms in total. The van der Waals surface area contributed by atoms with Gasteiger partial charge in [-0.2, -0.15) is 8.42 Å². The van der Waals surface area contributed by atoms with Crippen LogP contribution in [0.2, 0.25) is 0 Å². The van der Waals surface area contributed by atoms with Crippen molar-refractivity contribution >= 4 is 16.1 Å². The van der Waals surface area contributed by atoms with Crippen LogP contribution < -0.4 is 5.56 Å². The second-order valence-corrected chi connectivity index (χ2v) is 4.95. The molecule has 18 heavy (non-hydrogen) atoms. The summed E-state index contributed by atoms with van der Waals surface area (Å²) in [4.78, 5) is 21.3. The molecule has 0 aliphatic heterocycles. The van der Waals surface area contributed by atoms with Gasteiger partial charge in [0.25, 0.3) is 15.7 Å². The smallest absolute Gasteiger partial charge is 0.305 e. The van der Waals surface area contributed by atoms with Gasteiger partial charge in [-0.1, -0.05) is 0 Å². The number of aliphatic carboxylic acids is 1. The molecule has 0 bridgehead atoms. The lowest BCUT2D eigenvalue weighted by Crippen LogP contribution is -2.27. The maximum atomic E-state index is 11.7. The van der Waals surface area contributed by atoms with E-state index in [4.69, 9.17) is 9.66 Å². The van der Waals surface area contributed by atoms with Crippen molar-refractivity contribution in [3.63, 3.8) is 0 Å². The second-order valence-electron chi connectivity index (χ2n) is 3.59. The summed E-state index contributed by atoms with van der Waals surface area (Å²) in [7, 11) is -4.73. The third kappa shape index (κ3) is 2.87. The lowest BCUT2D eigenvalue weighted by molar-refractivity contribution is -0.137. The molecule has 0 radical (unpaired) electrons. The first-order valence-corrected chi connectivity index (χ1v) is 6.21. The molecule has 1 heterocycles. The number of pyridine rings is 1. The van der Waals surface area contributed by atoms with E-state index in [1.165, 1.54) is 6.92 Å². The summed E-state index contributed by atoms with van der Waals surface area (Å²) < 4.78 is 31.5. The Bertz CT molecular complexity index is 644. The van der Waals surface area contributed by atoms with Crippen molar-refractivity contribution in [2.75, 3.05) is 0 Å². The van der Waals surface area contributed by atoms with Crippen molar-refractivity contribution in [1.29, 1.82) is 0 Å². The van der Waals surface area contributed by atoms with Gasteiger partial charge < -0.3 is 10.2 Å². The number of aromatic hydroxyl groups is 1. The number of hydrogen-bond donors (Lipinski definition) is 3. The highest BCUT2D eigenvalue weighted by molar-refractivity contribution is 7.85. The van der Waals surface area contributed by atoms with Crippen LogP contribution in [0.3, 0.4) is 0 Å². The van der Waals surface area contributed by atoms with Gasteiger partial charge in [-0.05, 0) is 12.5 Å². The number of carbonyl (C=O) groups is 1. The van der Waals surface area contributed by atoms with Crippen molar-refractivity contribution in [2.24, 2.45) is 0 Å². The summed E-state index contributed by atoms with van der Waals surface area (Å²) in [5.74, 6) is -1.78. The fourth-order valence-electron chi connectivity index (χ4n) is 1.47. The van der Waals surface area contributed by atoms with Gasteiger partial charge >= 0.3 is 5.97 Å². The predicted octanol–water partition coefficient (Wildman–Crippen LogP) is -0.416. The molecule has 1 rings (SSSR count). The van der Waals surface area contributed by atoms with E-state index in [1.807, 2.05) is 0 Å². The highest BCUT2D eigenvalue weighted by Gasteiger charge is 2.22. The first kappa shape index (κ1) is 14.2. The van der Waals surface area contributed by atoms with Crippen LogP contribution in [-0.4, -0.2) is 33.7 Å². The van der Waals surface area contributed by atoms with Crippen LogP contribution in [-0.2, 0) is 21.5 Å². The molecule has 9 heteroatoms. The average Bonchev–Trinajstić information content (AvgIpc) is 2.13. The van der Waals surface area contributed by atoms with Crippen LogP contribution in [0, 0.1) is 6.92 Å². The zero-order valence-corrected chi connectivity index (χ0v) is 10.1. The van der Waals surface area contributed by atoms with E-state index in [0.29, 0.717) is 4.57 Å². The zero-order valence-electron chi connectivity index (χ0n) is 9.32. The Hall–Kier alpha value is -1.87. The van der Waals surface area contributed by atoms with Crippen LogP contribution in [0.15, 0.2) is 15.8 Å². The molecule has 0 aliphatic rings. The van der Waals surface area contributed by atoms with E-state index in [0.717, 1.165) is 6.07 Å². The number of carboxylic acid groups (broad SMARTS) is 1. The van der Waals surface area contributed by atoms with Crippen LogP contribution >= 0.6 is 0 Å². The van der Waals surface area contributed by atoms with E-state index >= 15 is 0 Å². The topological polar surface area (TPSA) is 134 Å². The fourth-order valence-corrected chi connectivity index (χ4v) is 2.27. The van der Waals surface area contributed by atoms with Crippen molar-refractivity contribution in [2.45, 2.75) is 24.8 Å². The Morgan fingerprint density at radius 1 is 1.44 bits per heavy atom. The summed E-state index contributed by atoms with van der Waals surface area (Å²) >= 11 is 0. The number of nitrogens with zero attached hydrogens (tertiary/aromatic N) is 1. The lowest BCUT2D eigenvalue weighted by atomic mass is 10.3. The molecule has 0 fully saturated rings. The van der Waals surface area contributed by atoms with Gasteiger partial charge in [0.15, 0.2) is 10.8 Å². The molecule has 0 atom stereocenters. The average molecular weight is 277 g/mol. The van der Waals surface area contributed by atoms with Crippen LogP contribution in [0.5, 0.6) is 5.88 Å². The minimum atomic E-state index is -4.73. The van der Waals surface area contributed by atoms with Crippen LogP contribution in [0.25, 0.3) is 0 Å². The molecule has 0 spiro atoms. The van der Waals surface area contributed by atoms with Gasteiger partial charge in [-0.25, -0.2) is 0 Å². The Balaban J connectivity index is 3.46. The molecule has 0 aromatic carbocycles. The molecule has 3 N–H and O–H groups in total. The van der Waals surface area contributed by atoms with Crippen molar-refractivity contribution < 1.29 is 28.0 Å². The summed E-state index contributed by atoms with van der Waals surface area (Å²) in [5, 5.41) is 17.9. The van der Waals surface area contributed by atoms with Gasteiger partial charge in [0.05, 0.1) is 6.42 Å². The monoisotopic (exact) mass is 277 g/mol. The third-order valence-electron chi connectivity index (χ3n) is 2.23. The number of hydrogen-bond acceptors (Lipinski definition) is 5. The van der Waals surface area contributed by atoms with E-state index < -0.39 is 45.4 Å². The normalized spacial score (nSPS) is 11.4. The fraction of sp³-hybridized carbons (Fsp3) is 0.333. The highest BCUT2D eigenvalue weighted by Crippen LogP contribution is 2.16.